The maximum atomic E-state index is 12.6. The molecule has 3 aromatic rings. The van der Waals surface area contributed by atoms with Gasteiger partial charge >= 0.3 is 0 Å². The van der Waals surface area contributed by atoms with Crippen LogP contribution in [0.15, 0.2) is 42.5 Å². The minimum atomic E-state index is -0.292. The van der Waals surface area contributed by atoms with Gasteiger partial charge in [-0.2, -0.15) is 0 Å². The van der Waals surface area contributed by atoms with Crippen molar-refractivity contribution in [3.8, 4) is 5.88 Å². The van der Waals surface area contributed by atoms with Crippen molar-refractivity contribution in [1.29, 1.82) is 0 Å². The highest BCUT2D eigenvalue weighted by molar-refractivity contribution is 5.96. The summed E-state index contributed by atoms with van der Waals surface area (Å²) in [6.07, 6.45) is 0. The van der Waals surface area contributed by atoms with Crippen LogP contribution in [0.2, 0.25) is 0 Å². The van der Waals surface area contributed by atoms with E-state index in [4.69, 9.17) is 4.74 Å². The molecule has 0 fully saturated rings. The second kappa shape index (κ2) is 7.30. The summed E-state index contributed by atoms with van der Waals surface area (Å²) < 4.78 is 5.55. The summed E-state index contributed by atoms with van der Waals surface area (Å²) in [4.78, 5) is 21.6. The molecule has 128 valence electrons. The third-order valence-electron chi connectivity index (χ3n) is 4.04. The number of benzene rings is 2. The van der Waals surface area contributed by atoms with Crippen molar-refractivity contribution in [2.24, 2.45) is 0 Å². The normalized spacial score (nSPS) is 10.7. The van der Waals surface area contributed by atoms with Gasteiger partial charge in [-0.3, -0.25) is 4.79 Å². The third kappa shape index (κ3) is 3.76. The molecule has 0 saturated carbocycles. The Morgan fingerprint density at radius 1 is 1.04 bits per heavy atom. The fourth-order valence-electron chi connectivity index (χ4n) is 2.54. The molecule has 1 heterocycles. The van der Waals surface area contributed by atoms with Gasteiger partial charge in [0.25, 0.3) is 5.91 Å². The number of hydrogen-bond donors (Lipinski definition) is 1. The lowest BCUT2D eigenvalue weighted by Gasteiger charge is -2.11. The Kier molecular flexibility index (Phi) is 4.93. The van der Waals surface area contributed by atoms with E-state index < -0.39 is 0 Å². The number of nitrogens with zero attached hydrogens (tertiary/aromatic N) is 2. The molecule has 1 amide bonds. The van der Waals surface area contributed by atoms with E-state index in [1.54, 1.807) is 0 Å². The zero-order chi connectivity index (χ0) is 17.8. The van der Waals surface area contributed by atoms with Gasteiger partial charge < -0.3 is 10.1 Å². The zero-order valence-electron chi connectivity index (χ0n) is 14.7. The summed E-state index contributed by atoms with van der Waals surface area (Å²) in [6.45, 7) is 6.75. The molecule has 0 atom stereocenters. The average molecular weight is 335 g/mol. The van der Waals surface area contributed by atoms with Gasteiger partial charge in [0, 0.05) is 6.54 Å². The van der Waals surface area contributed by atoms with E-state index in [1.807, 2.05) is 63.2 Å². The van der Waals surface area contributed by atoms with Crippen LogP contribution in [-0.2, 0) is 6.54 Å². The molecule has 0 radical (unpaired) electrons. The van der Waals surface area contributed by atoms with Gasteiger partial charge in [0.1, 0.15) is 0 Å². The Bertz CT molecular complexity index is 908. The van der Waals surface area contributed by atoms with Gasteiger partial charge in [0.05, 0.1) is 17.6 Å². The van der Waals surface area contributed by atoms with Crippen molar-refractivity contribution in [1.82, 2.24) is 15.3 Å². The van der Waals surface area contributed by atoms with Crippen LogP contribution < -0.4 is 10.1 Å². The van der Waals surface area contributed by atoms with Gasteiger partial charge in [0.2, 0.25) is 5.88 Å². The summed E-state index contributed by atoms with van der Waals surface area (Å²) in [5.74, 6) is -0.0243. The molecule has 0 spiro atoms. The fraction of sp³-hybridized carbons (Fsp3) is 0.250. The van der Waals surface area contributed by atoms with Crippen molar-refractivity contribution in [2.45, 2.75) is 27.3 Å². The summed E-state index contributed by atoms with van der Waals surface area (Å²) in [5.41, 5.74) is 4.90. The Labute approximate surface area is 147 Å². The number of ether oxygens (including phenoxy) is 1. The third-order valence-corrected chi connectivity index (χ3v) is 4.04. The second-order valence-corrected chi connectivity index (χ2v) is 5.90. The van der Waals surface area contributed by atoms with Gasteiger partial charge in [-0.05, 0) is 49.6 Å². The van der Waals surface area contributed by atoms with E-state index in [9.17, 15) is 4.79 Å². The molecule has 25 heavy (non-hydrogen) atoms. The number of carbonyl (C=O) groups is 1. The minimum Gasteiger partial charge on any atom is -0.476 e. The number of nitrogens with one attached hydrogen (secondary N) is 1. The van der Waals surface area contributed by atoms with Crippen molar-refractivity contribution in [3.05, 3.63) is 64.8 Å². The smallest absolute Gasteiger partial charge is 0.275 e. The Balaban J connectivity index is 1.93. The first kappa shape index (κ1) is 16.9. The Morgan fingerprint density at radius 2 is 1.68 bits per heavy atom. The average Bonchev–Trinajstić information content (AvgIpc) is 2.62. The quantitative estimate of drug-likeness (QED) is 0.774. The van der Waals surface area contributed by atoms with Gasteiger partial charge in [0.15, 0.2) is 5.69 Å². The van der Waals surface area contributed by atoms with Gasteiger partial charge in [-0.25, -0.2) is 9.97 Å². The minimum absolute atomic E-state index is 0.216. The van der Waals surface area contributed by atoms with Crippen molar-refractivity contribution >= 4 is 16.9 Å². The number of amides is 1. The van der Waals surface area contributed by atoms with Crippen LogP contribution in [-0.4, -0.2) is 22.5 Å². The highest BCUT2D eigenvalue weighted by Gasteiger charge is 2.18. The molecule has 1 N–H and O–H groups in total. The summed E-state index contributed by atoms with van der Waals surface area (Å²) in [7, 11) is 0. The lowest BCUT2D eigenvalue weighted by Crippen LogP contribution is -2.25. The molecule has 0 saturated heterocycles. The highest BCUT2D eigenvalue weighted by Crippen LogP contribution is 2.22. The summed E-state index contributed by atoms with van der Waals surface area (Å²) >= 11 is 0. The number of hydrogen-bond acceptors (Lipinski definition) is 4. The predicted octanol–water partition coefficient (Wildman–Crippen LogP) is 3.58. The van der Waals surface area contributed by atoms with E-state index in [1.165, 1.54) is 0 Å². The van der Waals surface area contributed by atoms with Crippen LogP contribution >= 0.6 is 0 Å². The van der Waals surface area contributed by atoms with Gasteiger partial charge in [-0.1, -0.05) is 30.3 Å². The van der Waals surface area contributed by atoms with Crippen LogP contribution in [0.5, 0.6) is 5.88 Å². The van der Waals surface area contributed by atoms with Crippen molar-refractivity contribution in [3.63, 3.8) is 0 Å². The molecule has 0 aliphatic rings. The van der Waals surface area contributed by atoms with Crippen LogP contribution in [0.1, 0.15) is 34.1 Å². The molecule has 5 nitrogen and oxygen atoms in total. The Morgan fingerprint density at radius 3 is 2.32 bits per heavy atom. The lowest BCUT2D eigenvalue weighted by molar-refractivity contribution is 0.0941. The Hall–Kier alpha value is -2.95. The lowest BCUT2D eigenvalue weighted by atomic mass is 10.1. The molecule has 0 bridgehead atoms. The van der Waals surface area contributed by atoms with E-state index in [-0.39, 0.29) is 17.5 Å². The molecule has 0 aliphatic heterocycles. The SMILES string of the molecule is CCOc1nc2cc(C)c(C)cc2nc1C(=O)NCc1ccccc1. The molecule has 5 heteroatoms. The van der Waals surface area contributed by atoms with E-state index in [0.29, 0.717) is 18.7 Å². The molecule has 2 aromatic carbocycles. The number of fused-ring (bicyclic) bond motifs is 1. The monoisotopic (exact) mass is 335 g/mol. The second-order valence-electron chi connectivity index (χ2n) is 5.90. The number of aromatic nitrogens is 2. The van der Waals surface area contributed by atoms with Crippen LogP contribution in [0.3, 0.4) is 0 Å². The van der Waals surface area contributed by atoms with Gasteiger partial charge in [-0.15, -0.1) is 0 Å². The van der Waals surface area contributed by atoms with Crippen molar-refractivity contribution < 1.29 is 9.53 Å². The van der Waals surface area contributed by atoms with Crippen LogP contribution in [0.25, 0.3) is 11.0 Å². The predicted molar refractivity (Wildman–Crippen MR) is 97.8 cm³/mol. The first-order valence-electron chi connectivity index (χ1n) is 8.32. The van der Waals surface area contributed by atoms with Crippen LogP contribution in [0.4, 0.5) is 0 Å². The van der Waals surface area contributed by atoms with E-state index in [2.05, 4.69) is 15.3 Å². The largest absolute Gasteiger partial charge is 0.476 e. The zero-order valence-corrected chi connectivity index (χ0v) is 14.7. The number of carbonyl (C=O) groups excluding carboxylic acids is 1. The van der Waals surface area contributed by atoms with Crippen molar-refractivity contribution in [2.75, 3.05) is 6.61 Å². The highest BCUT2D eigenvalue weighted by atomic mass is 16.5. The fourth-order valence-corrected chi connectivity index (χ4v) is 2.54. The molecular weight excluding hydrogens is 314 g/mol. The van der Waals surface area contributed by atoms with E-state index >= 15 is 0 Å². The maximum Gasteiger partial charge on any atom is 0.275 e. The number of rotatable bonds is 5. The molecule has 0 aliphatic carbocycles. The first-order chi connectivity index (χ1) is 12.1. The standard InChI is InChI=1S/C20H21N3O2/c1-4-25-20-18(19(24)21-12-15-8-6-5-7-9-15)22-16-10-13(2)14(3)11-17(16)23-20/h5-11H,4,12H2,1-3H3,(H,21,24). The molecular formula is C20H21N3O2. The first-order valence-corrected chi connectivity index (χ1v) is 8.32. The summed E-state index contributed by atoms with van der Waals surface area (Å²) in [6, 6.07) is 13.6. The number of aryl methyl sites for hydroxylation is 2. The molecule has 3 rings (SSSR count). The van der Waals surface area contributed by atoms with E-state index in [0.717, 1.165) is 22.2 Å². The summed E-state index contributed by atoms with van der Waals surface area (Å²) in [5, 5.41) is 2.88. The molecule has 1 aromatic heterocycles. The topological polar surface area (TPSA) is 64.1 Å². The van der Waals surface area contributed by atoms with Crippen LogP contribution in [0, 0.1) is 13.8 Å². The maximum absolute atomic E-state index is 12.6. The molecule has 0 unspecified atom stereocenters.